The van der Waals surface area contributed by atoms with Gasteiger partial charge in [0.05, 0.1) is 4.47 Å². The van der Waals surface area contributed by atoms with Crippen LogP contribution in [-0.2, 0) is 0 Å². The van der Waals surface area contributed by atoms with Crippen LogP contribution in [0.5, 0.6) is 11.5 Å². The highest BCUT2D eigenvalue weighted by molar-refractivity contribution is 9.10. The van der Waals surface area contributed by atoms with E-state index in [1.807, 2.05) is 65.3 Å². The number of pyridine rings is 2. The first-order valence-corrected chi connectivity index (χ1v) is 7.84. The van der Waals surface area contributed by atoms with Gasteiger partial charge in [0.25, 0.3) is 5.52 Å². The second-order valence-electron chi connectivity index (χ2n) is 4.75. The van der Waals surface area contributed by atoms with Crippen LogP contribution >= 0.6 is 15.9 Å². The van der Waals surface area contributed by atoms with Crippen molar-refractivity contribution in [3.8, 4) is 11.5 Å². The molecule has 3 aromatic rings. The SMILES string of the molecule is C=CCOc1ccc([NH3+])cc1.Oc1c(Br)cc[n+]2ccccc12.[Br-]. The fourth-order valence-electron chi connectivity index (χ4n) is 1.87. The number of fused-ring (bicyclic) bond motifs is 1. The number of aromatic nitrogens is 1. The van der Waals surface area contributed by atoms with Gasteiger partial charge in [0.15, 0.2) is 12.4 Å². The van der Waals surface area contributed by atoms with Crippen LogP contribution in [0.3, 0.4) is 0 Å². The molecule has 3 rings (SSSR count). The number of nitrogens with zero attached hydrogens (tertiary/aromatic N) is 1. The third-order valence-electron chi connectivity index (χ3n) is 3.03. The predicted molar refractivity (Wildman–Crippen MR) is 93.6 cm³/mol. The minimum absolute atomic E-state index is 0. The number of benzene rings is 1. The third kappa shape index (κ3) is 5.63. The number of ether oxygens (including phenoxy) is 1. The fraction of sp³-hybridized carbons (Fsp3) is 0.0556. The van der Waals surface area contributed by atoms with Crippen molar-refractivity contribution in [1.29, 1.82) is 0 Å². The smallest absolute Gasteiger partial charge is 0.253 e. The zero-order valence-corrected chi connectivity index (χ0v) is 16.2. The summed E-state index contributed by atoms with van der Waals surface area (Å²) >= 11 is 3.25. The van der Waals surface area contributed by atoms with Crippen molar-refractivity contribution in [2.24, 2.45) is 0 Å². The van der Waals surface area contributed by atoms with Crippen LogP contribution in [-0.4, -0.2) is 11.7 Å². The molecule has 126 valence electrons. The van der Waals surface area contributed by atoms with Crippen molar-refractivity contribution < 1.29 is 37.0 Å². The molecule has 0 aliphatic heterocycles. The highest BCUT2D eigenvalue weighted by Crippen LogP contribution is 2.24. The van der Waals surface area contributed by atoms with Crippen molar-refractivity contribution in [2.45, 2.75) is 0 Å². The van der Waals surface area contributed by atoms with Gasteiger partial charge in [-0.15, -0.1) is 0 Å². The Morgan fingerprint density at radius 2 is 1.83 bits per heavy atom. The van der Waals surface area contributed by atoms with E-state index in [9.17, 15) is 5.11 Å². The number of hydrogen-bond donors (Lipinski definition) is 2. The van der Waals surface area contributed by atoms with Gasteiger partial charge in [0.1, 0.15) is 18.0 Å². The number of aromatic hydroxyl groups is 1. The third-order valence-corrected chi connectivity index (χ3v) is 3.67. The predicted octanol–water partition coefficient (Wildman–Crippen LogP) is 0.0222. The molecule has 1 aromatic carbocycles. The fourth-order valence-corrected chi connectivity index (χ4v) is 2.20. The molecule has 2 heterocycles. The van der Waals surface area contributed by atoms with Gasteiger partial charge in [-0.25, -0.2) is 0 Å². The Hall–Kier alpha value is -1.89. The Morgan fingerprint density at radius 3 is 2.50 bits per heavy atom. The van der Waals surface area contributed by atoms with Crippen LogP contribution < -0.4 is 31.9 Å². The molecule has 0 radical (unpaired) electrons. The Labute approximate surface area is 160 Å². The molecule has 6 heteroatoms. The molecular formula is C18H19Br2N2O2+. The second-order valence-corrected chi connectivity index (χ2v) is 5.60. The van der Waals surface area contributed by atoms with E-state index in [1.165, 1.54) is 0 Å². The summed E-state index contributed by atoms with van der Waals surface area (Å²) in [5, 5.41) is 9.59. The van der Waals surface area contributed by atoms with Gasteiger partial charge >= 0.3 is 0 Å². The van der Waals surface area contributed by atoms with Gasteiger partial charge in [-0.3, -0.25) is 0 Å². The summed E-state index contributed by atoms with van der Waals surface area (Å²) in [7, 11) is 0. The van der Waals surface area contributed by atoms with E-state index in [0.717, 1.165) is 17.0 Å². The van der Waals surface area contributed by atoms with Crippen molar-refractivity contribution in [3.05, 3.63) is 78.1 Å². The molecule has 2 aromatic heterocycles. The summed E-state index contributed by atoms with van der Waals surface area (Å²) in [6, 6.07) is 15.1. The lowest BCUT2D eigenvalue weighted by Gasteiger charge is -2.00. The summed E-state index contributed by atoms with van der Waals surface area (Å²) in [5.74, 6) is 1.13. The molecule has 0 aliphatic carbocycles. The van der Waals surface area contributed by atoms with Crippen LogP contribution in [0.1, 0.15) is 0 Å². The lowest BCUT2D eigenvalue weighted by atomic mass is 10.3. The van der Waals surface area contributed by atoms with Gasteiger partial charge in [-0.2, -0.15) is 4.40 Å². The van der Waals surface area contributed by atoms with Gasteiger partial charge < -0.3 is 32.6 Å². The number of hydrogen-bond acceptors (Lipinski definition) is 2. The minimum Gasteiger partial charge on any atom is -1.00 e. The Balaban J connectivity index is 0.000000232. The van der Waals surface area contributed by atoms with E-state index >= 15 is 0 Å². The molecule has 0 fully saturated rings. The first-order chi connectivity index (χ1) is 11.1. The zero-order chi connectivity index (χ0) is 16.7. The lowest BCUT2D eigenvalue weighted by molar-refractivity contribution is -0.512. The van der Waals surface area contributed by atoms with Gasteiger partial charge in [0.2, 0.25) is 5.75 Å². The quantitative estimate of drug-likeness (QED) is 0.433. The standard InChI is InChI=1S/C9H6BrNO.C9H11NO.BrH/c10-7-4-6-11-5-2-1-3-8(11)9(7)12;1-2-7-11-9-5-3-8(10)4-6-9;/h1-6H;2-6H,1,7,10H2;1H/p+1. The van der Waals surface area contributed by atoms with E-state index in [4.69, 9.17) is 4.74 Å². The Kier molecular flexibility index (Phi) is 8.46. The zero-order valence-electron chi connectivity index (χ0n) is 13.0. The maximum atomic E-state index is 9.59. The van der Waals surface area contributed by atoms with Crippen molar-refractivity contribution >= 4 is 27.1 Å². The second kappa shape index (κ2) is 10.1. The summed E-state index contributed by atoms with van der Waals surface area (Å²) in [6.07, 6.45) is 5.50. The van der Waals surface area contributed by atoms with Gasteiger partial charge in [-0.1, -0.05) is 12.7 Å². The van der Waals surface area contributed by atoms with Gasteiger partial charge in [0, 0.05) is 30.3 Å². The largest absolute Gasteiger partial charge is 1.00 e. The molecule has 0 saturated heterocycles. The van der Waals surface area contributed by atoms with Crippen molar-refractivity contribution in [1.82, 2.24) is 0 Å². The summed E-state index contributed by atoms with van der Waals surface area (Å²) in [5.41, 5.74) is 5.56. The monoisotopic (exact) mass is 453 g/mol. The van der Waals surface area contributed by atoms with Crippen LogP contribution in [0.25, 0.3) is 5.52 Å². The first kappa shape index (κ1) is 20.2. The molecule has 0 atom stereocenters. The van der Waals surface area contributed by atoms with E-state index in [-0.39, 0.29) is 22.7 Å². The highest BCUT2D eigenvalue weighted by atomic mass is 79.9. The van der Waals surface area contributed by atoms with Gasteiger partial charge in [-0.05, 0) is 34.1 Å². The van der Waals surface area contributed by atoms with Crippen LogP contribution in [0, 0.1) is 0 Å². The van der Waals surface area contributed by atoms with Crippen molar-refractivity contribution in [3.63, 3.8) is 0 Å². The maximum absolute atomic E-state index is 9.59. The molecule has 0 bridgehead atoms. The number of rotatable bonds is 3. The average molecular weight is 455 g/mol. The molecule has 4 N–H and O–H groups in total. The maximum Gasteiger partial charge on any atom is 0.253 e. The van der Waals surface area contributed by atoms with E-state index < -0.39 is 0 Å². The van der Waals surface area contributed by atoms with E-state index in [0.29, 0.717) is 11.1 Å². The molecule has 0 unspecified atom stereocenters. The first-order valence-electron chi connectivity index (χ1n) is 7.05. The minimum atomic E-state index is 0. The highest BCUT2D eigenvalue weighted by Gasteiger charge is 2.09. The number of halogens is 2. The number of quaternary nitrogens is 1. The topological polar surface area (TPSA) is 61.2 Å². The molecule has 0 amide bonds. The molecule has 4 nitrogen and oxygen atoms in total. The molecule has 0 aliphatic rings. The summed E-state index contributed by atoms with van der Waals surface area (Å²) in [6.45, 7) is 4.11. The molecule has 0 saturated carbocycles. The van der Waals surface area contributed by atoms with E-state index in [2.05, 4.69) is 28.2 Å². The average Bonchev–Trinajstić information content (AvgIpc) is 2.59. The summed E-state index contributed by atoms with van der Waals surface area (Å²) in [4.78, 5) is 0. The lowest BCUT2D eigenvalue weighted by Crippen LogP contribution is -3.00. The Morgan fingerprint density at radius 1 is 1.12 bits per heavy atom. The molecular weight excluding hydrogens is 436 g/mol. The Bertz CT molecular complexity index is 793. The van der Waals surface area contributed by atoms with Crippen LogP contribution in [0.15, 0.2) is 78.1 Å². The van der Waals surface area contributed by atoms with Crippen LogP contribution in [0.2, 0.25) is 0 Å². The molecule has 0 spiro atoms. The molecule has 24 heavy (non-hydrogen) atoms. The normalized spacial score (nSPS) is 9.42. The van der Waals surface area contributed by atoms with E-state index in [1.54, 1.807) is 6.08 Å². The van der Waals surface area contributed by atoms with Crippen molar-refractivity contribution in [2.75, 3.05) is 6.61 Å². The van der Waals surface area contributed by atoms with Crippen LogP contribution in [0.4, 0.5) is 5.69 Å². The summed E-state index contributed by atoms with van der Waals surface area (Å²) < 4.78 is 7.84.